The first-order chi connectivity index (χ1) is 9.02. The molecule has 0 radical (unpaired) electrons. The Bertz CT molecular complexity index is 532. The molecule has 0 amide bonds. The van der Waals surface area contributed by atoms with Gasteiger partial charge < -0.3 is 10.5 Å². The summed E-state index contributed by atoms with van der Waals surface area (Å²) < 4.78 is 28.6. The fourth-order valence-electron chi connectivity index (χ4n) is 2.35. The van der Waals surface area contributed by atoms with Crippen molar-refractivity contribution >= 4 is 21.4 Å². The highest BCUT2D eigenvalue weighted by Crippen LogP contribution is 2.28. The highest BCUT2D eigenvalue weighted by atomic mass is 35.5. The first-order valence-electron chi connectivity index (χ1n) is 6.29. The molecule has 1 aliphatic rings. The van der Waals surface area contributed by atoms with Gasteiger partial charge in [0.2, 0.25) is 0 Å². The first kappa shape index (κ1) is 14.6. The predicted octanol–water partition coefficient (Wildman–Crippen LogP) is 1.73. The Balaban J connectivity index is 1.95. The van der Waals surface area contributed by atoms with Gasteiger partial charge in [-0.2, -0.15) is 0 Å². The number of hydrogen-bond donors (Lipinski definition) is 1. The lowest BCUT2D eigenvalue weighted by Gasteiger charge is -2.21. The van der Waals surface area contributed by atoms with Crippen molar-refractivity contribution < 1.29 is 13.2 Å². The van der Waals surface area contributed by atoms with Crippen molar-refractivity contribution in [3.8, 4) is 5.75 Å². The van der Waals surface area contributed by atoms with Crippen molar-refractivity contribution in [3.63, 3.8) is 0 Å². The quantitative estimate of drug-likeness (QED) is 0.899. The molecule has 19 heavy (non-hydrogen) atoms. The maximum atomic E-state index is 11.5. The van der Waals surface area contributed by atoms with Crippen molar-refractivity contribution in [2.24, 2.45) is 17.6 Å². The Morgan fingerprint density at radius 3 is 2.74 bits per heavy atom. The van der Waals surface area contributed by atoms with Gasteiger partial charge in [0.05, 0.1) is 23.1 Å². The smallest absolute Gasteiger partial charge is 0.150 e. The minimum Gasteiger partial charge on any atom is -0.492 e. The number of hydrogen-bond acceptors (Lipinski definition) is 4. The van der Waals surface area contributed by atoms with Crippen LogP contribution in [-0.2, 0) is 9.84 Å². The van der Waals surface area contributed by atoms with E-state index in [4.69, 9.17) is 22.1 Å². The average molecular weight is 304 g/mol. The van der Waals surface area contributed by atoms with Crippen molar-refractivity contribution in [3.05, 3.63) is 29.3 Å². The minimum atomic E-state index is -2.88. The zero-order valence-electron chi connectivity index (χ0n) is 10.6. The Labute approximate surface area is 118 Å². The molecule has 6 heteroatoms. The molecular weight excluding hydrogens is 286 g/mol. The topological polar surface area (TPSA) is 69.4 Å². The van der Waals surface area contributed by atoms with Crippen LogP contribution in [0.5, 0.6) is 5.75 Å². The molecule has 1 aromatic rings. The van der Waals surface area contributed by atoms with Gasteiger partial charge in [-0.1, -0.05) is 23.7 Å². The number of rotatable bonds is 5. The van der Waals surface area contributed by atoms with Crippen LogP contribution in [0, 0.1) is 11.8 Å². The van der Waals surface area contributed by atoms with Gasteiger partial charge in [0.25, 0.3) is 0 Å². The lowest BCUT2D eigenvalue weighted by atomic mass is 9.93. The molecule has 2 N–H and O–H groups in total. The molecule has 0 spiro atoms. The molecule has 1 fully saturated rings. The van der Waals surface area contributed by atoms with Crippen molar-refractivity contribution in [2.45, 2.75) is 6.42 Å². The zero-order valence-corrected chi connectivity index (χ0v) is 12.2. The summed E-state index contributed by atoms with van der Waals surface area (Å²) in [6.45, 7) is 0.824. The minimum absolute atomic E-state index is 0.0496. The molecule has 0 aromatic heterocycles. The standard InChI is InChI=1S/C13H18ClNO3S/c14-12-3-1-2-4-13(12)18-8-11(7-15)10-5-6-19(16,17)9-10/h1-4,10-11H,5-9,15H2. The molecule has 106 valence electrons. The van der Waals surface area contributed by atoms with Gasteiger partial charge >= 0.3 is 0 Å². The summed E-state index contributed by atoms with van der Waals surface area (Å²) in [4.78, 5) is 0. The number of para-hydroxylation sites is 1. The normalized spacial score (nSPS) is 23.2. The molecule has 0 saturated carbocycles. The van der Waals surface area contributed by atoms with Crippen LogP contribution < -0.4 is 10.5 Å². The number of sulfone groups is 1. The summed E-state index contributed by atoms with van der Waals surface area (Å²) >= 11 is 6.00. The van der Waals surface area contributed by atoms with Gasteiger partial charge in [0.1, 0.15) is 5.75 Å². The van der Waals surface area contributed by atoms with E-state index in [9.17, 15) is 8.42 Å². The summed E-state index contributed by atoms with van der Waals surface area (Å²) in [6.07, 6.45) is 0.677. The largest absolute Gasteiger partial charge is 0.492 e. The number of ether oxygens (including phenoxy) is 1. The fraction of sp³-hybridized carbons (Fsp3) is 0.538. The highest BCUT2D eigenvalue weighted by Gasteiger charge is 2.33. The van der Waals surface area contributed by atoms with Crippen molar-refractivity contribution in [2.75, 3.05) is 24.7 Å². The van der Waals surface area contributed by atoms with Crippen molar-refractivity contribution in [1.29, 1.82) is 0 Å². The van der Waals surface area contributed by atoms with E-state index in [-0.39, 0.29) is 23.3 Å². The molecule has 0 bridgehead atoms. The molecule has 0 aliphatic carbocycles. The molecule has 1 aromatic carbocycles. The molecule has 2 atom stereocenters. The number of nitrogens with two attached hydrogens (primary N) is 1. The fourth-order valence-corrected chi connectivity index (χ4v) is 4.46. The van der Waals surface area contributed by atoms with E-state index in [0.717, 1.165) is 0 Å². The second kappa shape index (κ2) is 6.11. The molecule has 1 aliphatic heterocycles. The summed E-state index contributed by atoms with van der Waals surface area (Å²) in [5.74, 6) is 1.25. The van der Waals surface area contributed by atoms with Gasteiger partial charge in [-0.25, -0.2) is 8.42 Å². The predicted molar refractivity (Wildman–Crippen MR) is 76.3 cm³/mol. The monoisotopic (exact) mass is 303 g/mol. The van der Waals surface area contributed by atoms with Crippen LogP contribution in [0.25, 0.3) is 0 Å². The van der Waals surface area contributed by atoms with E-state index in [0.29, 0.717) is 30.3 Å². The average Bonchev–Trinajstić information content (AvgIpc) is 2.73. The van der Waals surface area contributed by atoms with Crippen LogP contribution >= 0.6 is 11.6 Å². The Kier molecular flexibility index (Phi) is 4.71. The second-order valence-electron chi connectivity index (χ2n) is 4.90. The van der Waals surface area contributed by atoms with Crippen molar-refractivity contribution in [1.82, 2.24) is 0 Å². The van der Waals surface area contributed by atoms with Crippen LogP contribution in [0.3, 0.4) is 0 Å². The van der Waals surface area contributed by atoms with Gasteiger partial charge in [-0.15, -0.1) is 0 Å². The van der Waals surface area contributed by atoms with Crippen LogP contribution in [0.4, 0.5) is 0 Å². The van der Waals surface area contributed by atoms with E-state index < -0.39 is 9.84 Å². The van der Waals surface area contributed by atoms with Gasteiger partial charge in [-0.05, 0) is 31.0 Å². The molecule has 2 unspecified atom stereocenters. The maximum absolute atomic E-state index is 11.5. The van der Waals surface area contributed by atoms with E-state index >= 15 is 0 Å². The van der Waals surface area contributed by atoms with Gasteiger partial charge in [-0.3, -0.25) is 0 Å². The third-order valence-electron chi connectivity index (χ3n) is 3.53. The third kappa shape index (κ3) is 3.84. The molecule has 1 saturated heterocycles. The van der Waals surface area contributed by atoms with E-state index in [1.165, 1.54) is 0 Å². The lowest BCUT2D eigenvalue weighted by molar-refractivity contribution is 0.209. The third-order valence-corrected chi connectivity index (χ3v) is 5.63. The van der Waals surface area contributed by atoms with Crippen LogP contribution in [0.2, 0.25) is 5.02 Å². The second-order valence-corrected chi connectivity index (χ2v) is 7.54. The van der Waals surface area contributed by atoms with Gasteiger partial charge in [0.15, 0.2) is 9.84 Å². The van der Waals surface area contributed by atoms with E-state index in [1.54, 1.807) is 12.1 Å². The van der Waals surface area contributed by atoms with E-state index in [1.807, 2.05) is 12.1 Å². The molecule has 1 heterocycles. The maximum Gasteiger partial charge on any atom is 0.150 e. The van der Waals surface area contributed by atoms with E-state index in [2.05, 4.69) is 0 Å². The molecule has 4 nitrogen and oxygen atoms in total. The summed E-state index contributed by atoms with van der Waals surface area (Å²) in [5, 5.41) is 0.553. The van der Waals surface area contributed by atoms with Crippen LogP contribution in [-0.4, -0.2) is 33.1 Å². The number of halogens is 1. The Hall–Kier alpha value is -0.780. The van der Waals surface area contributed by atoms with Gasteiger partial charge in [0, 0.05) is 5.92 Å². The summed E-state index contributed by atoms with van der Waals surface area (Å²) in [5.41, 5.74) is 5.74. The molecular formula is C13H18ClNO3S. The number of benzene rings is 1. The highest BCUT2D eigenvalue weighted by molar-refractivity contribution is 7.91. The van der Waals surface area contributed by atoms with Crippen LogP contribution in [0.1, 0.15) is 6.42 Å². The first-order valence-corrected chi connectivity index (χ1v) is 8.49. The zero-order chi connectivity index (χ0) is 13.9. The Morgan fingerprint density at radius 2 is 2.16 bits per heavy atom. The lowest BCUT2D eigenvalue weighted by Crippen LogP contribution is -2.30. The summed E-state index contributed by atoms with van der Waals surface area (Å²) in [7, 11) is -2.88. The van der Waals surface area contributed by atoms with Crippen LogP contribution in [0.15, 0.2) is 24.3 Å². The SMILES string of the molecule is NCC(COc1ccccc1Cl)C1CCS(=O)(=O)C1. The summed E-state index contributed by atoms with van der Waals surface area (Å²) in [6, 6.07) is 7.23. The molecule has 2 rings (SSSR count). The Morgan fingerprint density at radius 1 is 1.42 bits per heavy atom.